The van der Waals surface area contributed by atoms with Crippen LogP contribution in [0.15, 0.2) is 35.0 Å². The number of esters is 1. The number of carbonyl (C=O) groups excluding carboxylic acids is 1. The van der Waals surface area contributed by atoms with Gasteiger partial charge in [0.2, 0.25) is 0 Å². The van der Waals surface area contributed by atoms with Crippen molar-refractivity contribution in [1.29, 1.82) is 0 Å². The monoisotopic (exact) mass is 413 g/mol. The number of halogens is 2. The summed E-state index contributed by atoms with van der Waals surface area (Å²) in [6, 6.07) is 4.64. The number of H-pyrrole nitrogens is 1. The summed E-state index contributed by atoms with van der Waals surface area (Å²) in [5, 5.41) is 3.63. The Morgan fingerprint density at radius 3 is 2.67 bits per heavy atom. The zero-order valence-corrected chi connectivity index (χ0v) is 16.3. The number of nitrogens with one attached hydrogen (secondary N) is 1. The lowest BCUT2D eigenvalue weighted by Gasteiger charge is -2.20. The molecule has 1 aromatic carbocycles. The molecule has 0 aliphatic carbocycles. The Kier molecular flexibility index (Phi) is 6.55. The molecule has 144 valence electrons. The lowest BCUT2D eigenvalue weighted by atomic mass is 10.0. The molecule has 1 atom stereocenters. The Hall–Kier alpha value is -2.46. The van der Waals surface area contributed by atoms with Crippen molar-refractivity contribution in [2.45, 2.75) is 19.4 Å². The molecular formula is C17H17F2N3O3S2. The number of benzene rings is 1. The van der Waals surface area contributed by atoms with Gasteiger partial charge in [-0.2, -0.15) is 13.5 Å². The van der Waals surface area contributed by atoms with E-state index < -0.39 is 23.6 Å². The van der Waals surface area contributed by atoms with Crippen LogP contribution in [0.5, 0.6) is 0 Å². The zero-order chi connectivity index (χ0) is 18.8. The maximum atomic E-state index is 13.7. The Bertz CT molecular complexity index is 1000. The van der Waals surface area contributed by atoms with Crippen LogP contribution in [0, 0.1) is 16.4 Å². The molecule has 0 radical (unpaired) electrons. The SMILES string of the molecule is CC[C@H](c1ccc(F)c(F)c1)n1c(C(=O)OC)c(-c2ccno2)[nH]c1=S.S. The fourth-order valence-corrected chi connectivity index (χ4v) is 3.17. The van der Waals surface area contributed by atoms with Crippen LogP contribution in [-0.4, -0.2) is 27.8 Å². The van der Waals surface area contributed by atoms with Crippen molar-refractivity contribution in [3.05, 3.63) is 58.1 Å². The van der Waals surface area contributed by atoms with Gasteiger partial charge in [-0.3, -0.25) is 0 Å². The molecule has 3 aromatic rings. The van der Waals surface area contributed by atoms with E-state index in [0.29, 0.717) is 23.4 Å². The maximum absolute atomic E-state index is 13.7. The van der Waals surface area contributed by atoms with Gasteiger partial charge in [0.05, 0.1) is 19.3 Å². The van der Waals surface area contributed by atoms with Gasteiger partial charge in [-0.1, -0.05) is 18.1 Å². The molecule has 0 saturated carbocycles. The molecule has 0 aliphatic rings. The van der Waals surface area contributed by atoms with Crippen LogP contribution in [0.25, 0.3) is 11.5 Å². The number of hydrogen-bond donors (Lipinski definition) is 1. The second-order valence-electron chi connectivity index (χ2n) is 5.49. The van der Waals surface area contributed by atoms with Crippen molar-refractivity contribution in [1.82, 2.24) is 14.7 Å². The van der Waals surface area contributed by atoms with Crippen LogP contribution in [0.2, 0.25) is 0 Å². The van der Waals surface area contributed by atoms with Crippen LogP contribution in [0.4, 0.5) is 8.78 Å². The van der Waals surface area contributed by atoms with Gasteiger partial charge >= 0.3 is 5.97 Å². The summed E-state index contributed by atoms with van der Waals surface area (Å²) in [7, 11) is 1.24. The minimum atomic E-state index is -0.974. The first-order valence-electron chi connectivity index (χ1n) is 7.76. The molecule has 0 fully saturated rings. The number of aromatic nitrogens is 3. The second-order valence-corrected chi connectivity index (χ2v) is 5.88. The van der Waals surface area contributed by atoms with E-state index in [9.17, 15) is 13.6 Å². The van der Waals surface area contributed by atoms with Crippen LogP contribution in [0.1, 0.15) is 35.4 Å². The fraction of sp³-hybridized carbons (Fsp3) is 0.235. The van der Waals surface area contributed by atoms with Crippen LogP contribution >= 0.6 is 25.7 Å². The number of nitrogens with zero attached hydrogens (tertiary/aromatic N) is 2. The summed E-state index contributed by atoms with van der Waals surface area (Å²) in [6.45, 7) is 1.84. The van der Waals surface area contributed by atoms with Gasteiger partial charge < -0.3 is 18.8 Å². The quantitative estimate of drug-likeness (QED) is 0.496. The lowest BCUT2D eigenvalue weighted by Crippen LogP contribution is -2.18. The first-order valence-corrected chi connectivity index (χ1v) is 8.17. The summed E-state index contributed by atoms with van der Waals surface area (Å²) in [6.07, 6.45) is 1.90. The summed E-state index contributed by atoms with van der Waals surface area (Å²) in [5.41, 5.74) is 0.891. The van der Waals surface area contributed by atoms with E-state index in [4.69, 9.17) is 21.5 Å². The molecule has 0 saturated heterocycles. The van der Waals surface area contributed by atoms with Crippen molar-refractivity contribution in [2.24, 2.45) is 0 Å². The van der Waals surface area contributed by atoms with E-state index in [1.807, 2.05) is 6.92 Å². The van der Waals surface area contributed by atoms with Crippen molar-refractivity contribution >= 4 is 31.7 Å². The predicted molar refractivity (Wildman–Crippen MR) is 102 cm³/mol. The van der Waals surface area contributed by atoms with Gasteiger partial charge in [0.1, 0.15) is 5.69 Å². The third-order valence-electron chi connectivity index (χ3n) is 4.02. The van der Waals surface area contributed by atoms with Crippen LogP contribution in [0.3, 0.4) is 0 Å². The Balaban J connectivity index is 0.00000261. The number of rotatable bonds is 5. The average Bonchev–Trinajstić information content (AvgIpc) is 3.26. The van der Waals surface area contributed by atoms with E-state index in [2.05, 4.69) is 10.1 Å². The molecule has 1 N–H and O–H groups in total. The van der Waals surface area contributed by atoms with E-state index in [1.54, 1.807) is 6.07 Å². The largest absolute Gasteiger partial charge is 0.464 e. The van der Waals surface area contributed by atoms with Crippen molar-refractivity contribution in [2.75, 3.05) is 7.11 Å². The topological polar surface area (TPSA) is 73.1 Å². The van der Waals surface area contributed by atoms with Crippen LogP contribution < -0.4 is 0 Å². The summed E-state index contributed by atoms with van der Waals surface area (Å²) < 4.78 is 38.7. The van der Waals surface area contributed by atoms with Crippen molar-refractivity contribution < 1.29 is 22.8 Å². The summed E-state index contributed by atoms with van der Waals surface area (Å²) in [5.74, 6) is -2.27. The van der Waals surface area contributed by atoms with Crippen molar-refractivity contribution in [3.8, 4) is 11.5 Å². The molecule has 0 amide bonds. The van der Waals surface area contributed by atoms with Gasteiger partial charge in [-0.15, -0.1) is 0 Å². The fourth-order valence-electron chi connectivity index (χ4n) is 2.85. The zero-order valence-electron chi connectivity index (χ0n) is 14.5. The van der Waals surface area contributed by atoms with E-state index in [0.717, 1.165) is 12.1 Å². The van der Waals surface area contributed by atoms with Gasteiger partial charge in [-0.25, -0.2) is 13.6 Å². The number of carbonyl (C=O) groups is 1. The number of hydrogen-bond acceptors (Lipinski definition) is 5. The first-order chi connectivity index (χ1) is 12.5. The highest BCUT2D eigenvalue weighted by Crippen LogP contribution is 2.31. The third-order valence-corrected chi connectivity index (χ3v) is 4.32. The molecule has 2 aromatic heterocycles. The molecule has 6 nitrogen and oxygen atoms in total. The van der Waals surface area contributed by atoms with Gasteiger partial charge in [0, 0.05) is 6.07 Å². The molecule has 3 rings (SSSR count). The molecule has 0 unspecified atom stereocenters. The Labute approximate surface area is 165 Å². The summed E-state index contributed by atoms with van der Waals surface area (Å²) in [4.78, 5) is 15.3. The van der Waals surface area contributed by atoms with E-state index in [1.165, 1.54) is 23.9 Å². The molecule has 2 heterocycles. The van der Waals surface area contributed by atoms with Crippen molar-refractivity contribution in [3.63, 3.8) is 0 Å². The predicted octanol–water partition coefficient (Wildman–Crippen LogP) is 4.38. The highest BCUT2D eigenvalue weighted by atomic mass is 32.1. The van der Waals surface area contributed by atoms with E-state index in [-0.39, 0.29) is 24.0 Å². The first kappa shape index (κ1) is 20.8. The number of imidazole rings is 1. The summed E-state index contributed by atoms with van der Waals surface area (Å²) >= 11 is 5.37. The third kappa shape index (κ3) is 3.81. The van der Waals surface area contributed by atoms with Gasteiger partial charge in [0.15, 0.2) is 27.9 Å². The number of aromatic amines is 1. The minimum Gasteiger partial charge on any atom is -0.464 e. The molecule has 0 aliphatic heterocycles. The van der Waals surface area contributed by atoms with Gasteiger partial charge in [-0.05, 0) is 36.3 Å². The highest BCUT2D eigenvalue weighted by Gasteiger charge is 2.28. The molecule has 10 heteroatoms. The standard InChI is InChI=1S/C17H15F2N3O3S.H2S/c1-3-12(9-4-5-10(18)11(19)8-9)22-15(16(23)24-2)14(21-17(22)26)13-6-7-20-25-13;/h4-8,12H,3H2,1-2H3,(H,21,26);1H2/t12-;/m1./s1. The number of ether oxygens (including phenoxy) is 1. The Morgan fingerprint density at radius 2 is 2.11 bits per heavy atom. The maximum Gasteiger partial charge on any atom is 0.357 e. The molecule has 0 spiro atoms. The van der Waals surface area contributed by atoms with Crippen LogP contribution in [-0.2, 0) is 4.74 Å². The average molecular weight is 413 g/mol. The van der Waals surface area contributed by atoms with Gasteiger partial charge in [0.25, 0.3) is 0 Å². The highest BCUT2D eigenvalue weighted by molar-refractivity contribution is 7.71. The molecule has 27 heavy (non-hydrogen) atoms. The lowest BCUT2D eigenvalue weighted by molar-refractivity contribution is 0.0587. The Morgan fingerprint density at radius 1 is 1.37 bits per heavy atom. The normalized spacial score (nSPS) is 11.7. The van der Waals surface area contributed by atoms with E-state index >= 15 is 0 Å². The molecular weight excluding hydrogens is 396 g/mol. The molecule has 0 bridgehead atoms. The second kappa shape index (κ2) is 8.49. The number of methoxy groups -OCH3 is 1. The minimum absolute atomic E-state index is 0. The smallest absolute Gasteiger partial charge is 0.357 e.